The number of thiophene rings is 1. The molecule has 0 aliphatic heterocycles. The van der Waals surface area contributed by atoms with Crippen molar-refractivity contribution in [3.63, 3.8) is 0 Å². The average molecular weight is 359 g/mol. The molecule has 0 radical (unpaired) electrons. The molecule has 0 amide bonds. The smallest absolute Gasteiger partial charge is 0.0757 e. The van der Waals surface area contributed by atoms with E-state index in [2.05, 4.69) is 37.9 Å². The first-order chi connectivity index (χ1) is 6.68. The van der Waals surface area contributed by atoms with E-state index >= 15 is 0 Å². The Labute approximate surface area is 110 Å². The summed E-state index contributed by atoms with van der Waals surface area (Å²) in [7, 11) is 0. The fourth-order valence-corrected chi connectivity index (χ4v) is 5.59. The van der Waals surface area contributed by atoms with Crippen molar-refractivity contribution in [2.45, 2.75) is 31.1 Å². The Morgan fingerprint density at radius 2 is 2.00 bits per heavy atom. The summed E-state index contributed by atoms with van der Waals surface area (Å²) in [6.45, 7) is 0. The van der Waals surface area contributed by atoms with Crippen molar-refractivity contribution < 1.29 is 0 Å². The summed E-state index contributed by atoms with van der Waals surface area (Å²) in [5.41, 5.74) is 1.26. The maximum absolute atomic E-state index is 6.49. The Morgan fingerprint density at radius 3 is 2.50 bits per heavy atom. The van der Waals surface area contributed by atoms with Gasteiger partial charge in [-0.15, -0.1) is 22.9 Å². The standard InChI is InChI=1S/C10H11Br2ClS/c11-8-5-7(10(12)14-8)9(13)6-3-1-2-4-6/h5-6,9H,1-4H2. The van der Waals surface area contributed by atoms with Crippen molar-refractivity contribution in [2.24, 2.45) is 5.92 Å². The second-order valence-electron chi connectivity index (χ2n) is 3.73. The predicted octanol–water partition coefficient (Wildman–Crippen LogP) is 5.74. The third kappa shape index (κ3) is 2.37. The predicted molar refractivity (Wildman–Crippen MR) is 70.3 cm³/mol. The minimum Gasteiger partial charge on any atom is -0.121 e. The first-order valence-electron chi connectivity index (χ1n) is 4.77. The third-order valence-corrected chi connectivity index (χ3v) is 5.77. The number of halogens is 3. The molecule has 0 aromatic carbocycles. The average Bonchev–Trinajstić information content (AvgIpc) is 2.73. The summed E-state index contributed by atoms with van der Waals surface area (Å²) in [6.07, 6.45) is 5.26. The second-order valence-corrected chi connectivity index (χ2v) is 7.95. The molecule has 78 valence electrons. The summed E-state index contributed by atoms with van der Waals surface area (Å²) in [5, 5.41) is 0.189. The van der Waals surface area contributed by atoms with E-state index in [1.54, 1.807) is 11.3 Å². The van der Waals surface area contributed by atoms with Gasteiger partial charge in [-0.1, -0.05) is 12.8 Å². The molecular formula is C10H11Br2ClS. The molecule has 1 aliphatic carbocycles. The van der Waals surface area contributed by atoms with Gasteiger partial charge in [-0.25, -0.2) is 0 Å². The van der Waals surface area contributed by atoms with Crippen LogP contribution in [0.25, 0.3) is 0 Å². The number of rotatable bonds is 2. The third-order valence-electron chi connectivity index (χ3n) is 2.79. The van der Waals surface area contributed by atoms with Gasteiger partial charge >= 0.3 is 0 Å². The van der Waals surface area contributed by atoms with Crippen molar-refractivity contribution in [1.82, 2.24) is 0 Å². The highest BCUT2D eigenvalue weighted by atomic mass is 79.9. The van der Waals surface area contributed by atoms with Crippen molar-refractivity contribution in [2.75, 3.05) is 0 Å². The lowest BCUT2D eigenvalue weighted by atomic mass is 9.99. The van der Waals surface area contributed by atoms with Gasteiger partial charge in [-0.05, 0) is 62.2 Å². The number of alkyl halides is 1. The Morgan fingerprint density at radius 1 is 1.36 bits per heavy atom. The van der Waals surface area contributed by atoms with Crippen molar-refractivity contribution in [3.8, 4) is 0 Å². The number of hydrogen-bond donors (Lipinski definition) is 0. The van der Waals surface area contributed by atoms with Gasteiger partial charge in [-0.3, -0.25) is 0 Å². The second kappa shape index (κ2) is 4.86. The van der Waals surface area contributed by atoms with E-state index in [9.17, 15) is 0 Å². The van der Waals surface area contributed by atoms with Gasteiger partial charge in [-0.2, -0.15) is 0 Å². The van der Waals surface area contributed by atoms with Crippen LogP contribution in [0.4, 0.5) is 0 Å². The summed E-state index contributed by atoms with van der Waals surface area (Å²) in [6, 6.07) is 2.14. The molecule has 1 unspecified atom stereocenters. The van der Waals surface area contributed by atoms with Crippen molar-refractivity contribution in [3.05, 3.63) is 19.2 Å². The van der Waals surface area contributed by atoms with Crippen LogP contribution < -0.4 is 0 Å². The fourth-order valence-electron chi connectivity index (χ4n) is 2.04. The van der Waals surface area contributed by atoms with Gasteiger partial charge in [0.25, 0.3) is 0 Å². The van der Waals surface area contributed by atoms with Crippen LogP contribution in [0.2, 0.25) is 0 Å². The highest BCUT2D eigenvalue weighted by Crippen LogP contribution is 2.45. The molecule has 1 aliphatic rings. The minimum absolute atomic E-state index is 0.189. The molecule has 1 aromatic rings. The van der Waals surface area contributed by atoms with Gasteiger partial charge in [0.1, 0.15) is 0 Å². The van der Waals surface area contributed by atoms with Gasteiger partial charge in [0, 0.05) is 0 Å². The quantitative estimate of drug-likeness (QED) is 0.591. The summed E-state index contributed by atoms with van der Waals surface area (Å²) < 4.78 is 2.33. The van der Waals surface area contributed by atoms with E-state index < -0.39 is 0 Å². The monoisotopic (exact) mass is 356 g/mol. The molecule has 0 nitrogen and oxygen atoms in total. The zero-order valence-electron chi connectivity index (χ0n) is 7.60. The largest absolute Gasteiger partial charge is 0.121 e. The van der Waals surface area contributed by atoms with Crippen LogP contribution in [0.1, 0.15) is 36.6 Å². The summed E-state index contributed by atoms with van der Waals surface area (Å²) in [5.74, 6) is 0.675. The molecule has 1 atom stereocenters. The Bertz CT molecular complexity index is 318. The lowest BCUT2D eigenvalue weighted by molar-refractivity contribution is 0.529. The lowest BCUT2D eigenvalue weighted by Crippen LogP contribution is -2.02. The maximum Gasteiger partial charge on any atom is 0.0757 e. The SMILES string of the molecule is ClC(c1cc(Br)sc1Br)C1CCCC1. The molecule has 0 spiro atoms. The van der Waals surface area contributed by atoms with E-state index in [1.807, 2.05) is 0 Å². The molecule has 1 heterocycles. The minimum atomic E-state index is 0.189. The molecule has 1 saturated carbocycles. The van der Waals surface area contributed by atoms with E-state index in [1.165, 1.54) is 35.0 Å². The normalized spacial score (nSPS) is 20.2. The summed E-state index contributed by atoms with van der Waals surface area (Å²) >= 11 is 15.3. The van der Waals surface area contributed by atoms with Crippen LogP contribution in [0.3, 0.4) is 0 Å². The van der Waals surface area contributed by atoms with Gasteiger partial charge in [0.05, 0.1) is 12.9 Å². The molecule has 0 N–H and O–H groups in total. The van der Waals surface area contributed by atoms with Gasteiger partial charge in [0.2, 0.25) is 0 Å². The van der Waals surface area contributed by atoms with Crippen LogP contribution in [-0.4, -0.2) is 0 Å². The van der Waals surface area contributed by atoms with Gasteiger partial charge in [0.15, 0.2) is 0 Å². The zero-order chi connectivity index (χ0) is 10.1. The fraction of sp³-hybridized carbons (Fsp3) is 0.600. The van der Waals surface area contributed by atoms with E-state index in [-0.39, 0.29) is 5.38 Å². The van der Waals surface area contributed by atoms with Crippen LogP contribution in [0, 0.1) is 5.92 Å². The lowest BCUT2D eigenvalue weighted by Gasteiger charge is -2.15. The summed E-state index contributed by atoms with van der Waals surface area (Å²) in [4.78, 5) is 0. The molecule has 14 heavy (non-hydrogen) atoms. The van der Waals surface area contributed by atoms with Crippen LogP contribution in [0.5, 0.6) is 0 Å². The van der Waals surface area contributed by atoms with Gasteiger partial charge < -0.3 is 0 Å². The Hall–Kier alpha value is 0.950. The Kier molecular flexibility index (Phi) is 3.97. The van der Waals surface area contributed by atoms with Crippen LogP contribution in [-0.2, 0) is 0 Å². The van der Waals surface area contributed by atoms with E-state index in [4.69, 9.17) is 11.6 Å². The molecular weight excluding hydrogens is 347 g/mol. The molecule has 0 bridgehead atoms. The highest BCUT2D eigenvalue weighted by Gasteiger charge is 2.26. The maximum atomic E-state index is 6.49. The topological polar surface area (TPSA) is 0 Å². The van der Waals surface area contributed by atoms with Crippen LogP contribution in [0.15, 0.2) is 13.6 Å². The van der Waals surface area contributed by atoms with Crippen molar-refractivity contribution in [1.29, 1.82) is 0 Å². The molecule has 0 saturated heterocycles. The molecule has 4 heteroatoms. The van der Waals surface area contributed by atoms with Crippen LogP contribution >= 0.6 is 54.8 Å². The molecule has 2 rings (SSSR count). The zero-order valence-corrected chi connectivity index (χ0v) is 12.3. The first kappa shape index (κ1) is 11.4. The van der Waals surface area contributed by atoms with E-state index in [0.29, 0.717) is 5.92 Å². The molecule has 1 fully saturated rings. The van der Waals surface area contributed by atoms with E-state index in [0.717, 1.165) is 3.79 Å². The highest BCUT2D eigenvalue weighted by molar-refractivity contribution is 9.12. The molecule has 1 aromatic heterocycles. The van der Waals surface area contributed by atoms with Crippen molar-refractivity contribution >= 4 is 54.8 Å². The number of hydrogen-bond acceptors (Lipinski definition) is 1. The Balaban J connectivity index is 2.17. The first-order valence-corrected chi connectivity index (χ1v) is 7.61.